The number of ether oxygens (including phenoxy) is 1. The summed E-state index contributed by atoms with van der Waals surface area (Å²) in [5.74, 6) is 1.46. The highest BCUT2D eigenvalue weighted by molar-refractivity contribution is 5.97. The van der Waals surface area contributed by atoms with Gasteiger partial charge in [0.25, 0.3) is 5.91 Å². The van der Waals surface area contributed by atoms with Crippen molar-refractivity contribution < 1.29 is 9.53 Å². The molecule has 1 atom stereocenters. The summed E-state index contributed by atoms with van der Waals surface area (Å²) < 4.78 is 7.28. The Kier molecular flexibility index (Phi) is 5.63. The monoisotopic (exact) mass is 336 g/mol. The minimum atomic E-state index is -0.0776. The van der Waals surface area contributed by atoms with Gasteiger partial charge in [0.1, 0.15) is 17.6 Å². The number of nitrogens with one attached hydrogen (secondary N) is 1. The second-order valence-corrected chi connectivity index (χ2v) is 5.32. The third kappa shape index (κ3) is 3.33. The van der Waals surface area contributed by atoms with Gasteiger partial charge in [-0.25, -0.2) is 4.98 Å². The van der Waals surface area contributed by atoms with Crippen molar-refractivity contribution in [2.75, 3.05) is 26.7 Å². The van der Waals surface area contributed by atoms with Gasteiger partial charge in [0.2, 0.25) is 0 Å². The van der Waals surface area contributed by atoms with E-state index in [4.69, 9.17) is 4.74 Å². The zero-order valence-electron chi connectivity index (χ0n) is 13.2. The van der Waals surface area contributed by atoms with Gasteiger partial charge in [0.05, 0.1) is 12.7 Å². The van der Waals surface area contributed by atoms with E-state index in [0.29, 0.717) is 24.4 Å². The number of methoxy groups -OCH3 is 1. The number of amides is 1. The van der Waals surface area contributed by atoms with Crippen LogP contribution in [0.5, 0.6) is 5.75 Å². The van der Waals surface area contributed by atoms with Gasteiger partial charge in [-0.3, -0.25) is 4.79 Å². The maximum Gasteiger partial charge on any atom is 0.258 e. The first kappa shape index (κ1) is 17.3. The maximum atomic E-state index is 13.0. The van der Waals surface area contributed by atoms with Crippen LogP contribution in [0.3, 0.4) is 0 Å². The molecular weight excluding hydrogens is 316 g/mol. The second-order valence-electron chi connectivity index (χ2n) is 5.32. The summed E-state index contributed by atoms with van der Waals surface area (Å²) in [4.78, 5) is 19.3. The molecule has 1 unspecified atom stereocenters. The fourth-order valence-electron chi connectivity index (χ4n) is 2.85. The van der Waals surface area contributed by atoms with Crippen molar-refractivity contribution in [2.24, 2.45) is 7.05 Å². The maximum absolute atomic E-state index is 13.0. The molecule has 1 N–H and O–H groups in total. The standard InChI is InChI=1S/C16H20N4O2.ClH/c1-19-9-8-18-15(19)13-11-17-7-10-20(13)16(21)12-5-3-4-6-14(12)22-2;/h3-6,8-9,13,17H,7,10-11H2,1-2H3;1H. The van der Waals surface area contributed by atoms with Crippen LogP contribution in [0.4, 0.5) is 0 Å². The highest BCUT2D eigenvalue weighted by Crippen LogP contribution is 2.26. The minimum absolute atomic E-state index is 0. The Balaban J connectivity index is 0.00000192. The average Bonchev–Trinajstić information content (AvgIpc) is 3.00. The van der Waals surface area contributed by atoms with E-state index >= 15 is 0 Å². The van der Waals surface area contributed by atoms with Crippen molar-refractivity contribution in [3.8, 4) is 5.75 Å². The summed E-state index contributed by atoms with van der Waals surface area (Å²) in [6, 6.07) is 7.26. The Morgan fingerprint density at radius 3 is 2.87 bits per heavy atom. The van der Waals surface area contributed by atoms with E-state index in [0.717, 1.165) is 12.4 Å². The van der Waals surface area contributed by atoms with E-state index in [1.165, 1.54) is 0 Å². The molecule has 0 spiro atoms. The molecule has 2 aromatic rings. The van der Waals surface area contributed by atoms with Crippen LogP contribution in [0, 0.1) is 0 Å². The number of hydrogen-bond donors (Lipinski definition) is 1. The third-order valence-electron chi connectivity index (χ3n) is 4.00. The molecule has 1 fully saturated rings. The lowest BCUT2D eigenvalue weighted by molar-refractivity contribution is 0.0617. The Bertz CT molecular complexity index is 674. The van der Waals surface area contributed by atoms with Gasteiger partial charge in [-0.15, -0.1) is 12.4 Å². The van der Waals surface area contributed by atoms with Crippen LogP contribution in [0.1, 0.15) is 22.2 Å². The quantitative estimate of drug-likeness (QED) is 0.925. The lowest BCUT2D eigenvalue weighted by Gasteiger charge is -2.36. The first-order valence-corrected chi connectivity index (χ1v) is 7.34. The lowest BCUT2D eigenvalue weighted by atomic mass is 10.1. The molecule has 1 aliphatic heterocycles. The molecule has 1 aromatic heterocycles. The summed E-state index contributed by atoms with van der Waals surface area (Å²) in [5, 5.41) is 3.34. The number of halogens is 1. The number of benzene rings is 1. The van der Waals surface area contributed by atoms with E-state index in [2.05, 4.69) is 10.3 Å². The molecule has 1 aromatic carbocycles. The van der Waals surface area contributed by atoms with E-state index in [1.807, 2.05) is 40.9 Å². The minimum Gasteiger partial charge on any atom is -0.496 e. The van der Waals surface area contributed by atoms with Crippen molar-refractivity contribution in [2.45, 2.75) is 6.04 Å². The lowest BCUT2D eigenvalue weighted by Crippen LogP contribution is -2.49. The third-order valence-corrected chi connectivity index (χ3v) is 4.00. The van der Waals surface area contributed by atoms with E-state index < -0.39 is 0 Å². The fraction of sp³-hybridized carbons (Fsp3) is 0.375. The summed E-state index contributed by atoms with van der Waals surface area (Å²) >= 11 is 0. The Labute approximate surface area is 141 Å². The zero-order valence-corrected chi connectivity index (χ0v) is 14.0. The van der Waals surface area contributed by atoms with Gasteiger partial charge in [-0.1, -0.05) is 12.1 Å². The van der Waals surface area contributed by atoms with Crippen LogP contribution < -0.4 is 10.1 Å². The number of piperazine rings is 1. The normalized spacial score (nSPS) is 17.5. The molecule has 0 bridgehead atoms. The van der Waals surface area contributed by atoms with E-state index in [1.54, 1.807) is 19.4 Å². The summed E-state index contributed by atoms with van der Waals surface area (Å²) in [5.41, 5.74) is 0.589. The molecule has 0 radical (unpaired) electrons. The van der Waals surface area contributed by atoms with E-state index in [-0.39, 0.29) is 24.4 Å². The predicted molar refractivity (Wildman–Crippen MR) is 90.1 cm³/mol. The van der Waals surface area contributed by atoms with Crippen molar-refractivity contribution in [1.82, 2.24) is 19.8 Å². The zero-order chi connectivity index (χ0) is 15.5. The fourth-order valence-corrected chi connectivity index (χ4v) is 2.85. The molecule has 23 heavy (non-hydrogen) atoms. The average molecular weight is 337 g/mol. The van der Waals surface area contributed by atoms with Crippen molar-refractivity contribution in [1.29, 1.82) is 0 Å². The Morgan fingerprint density at radius 2 is 2.17 bits per heavy atom. The van der Waals surface area contributed by atoms with Gasteiger partial charge in [-0.05, 0) is 12.1 Å². The smallest absolute Gasteiger partial charge is 0.258 e. The largest absolute Gasteiger partial charge is 0.496 e. The van der Waals surface area contributed by atoms with Gasteiger partial charge < -0.3 is 19.5 Å². The van der Waals surface area contributed by atoms with Gasteiger partial charge in [0, 0.05) is 39.1 Å². The van der Waals surface area contributed by atoms with Gasteiger partial charge in [0.15, 0.2) is 0 Å². The molecule has 124 valence electrons. The predicted octanol–water partition coefficient (Wildman–Crippen LogP) is 1.64. The second kappa shape index (κ2) is 7.48. The van der Waals surface area contributed by atoms with Crippen LogP contribution in [-0.4, -0.2) is 47.1 Å². The molecule has 0 aliphatic carbocycles. The van der Waals surface area contributed by atoms with Crippen LogP contribution in [0.15, 0.2) is 36.7 Å². The number of imidazole rings is 1. The molecular formula is C16H21ClN4O2. The molecule has 0 saturated carbocycles. The highest BCUT2D eigenvalue weighted by Gasteiger charge is 2.32. The van der Waals surface area contributed by atoms with Crippen LogP contribution in [-0.2, 0) is 7.05 Å². The molecule has 7 heteroatoms. The van der Waals surface area contributed by atoms with E-state index in [9.17, 15) is 4.79 Å². The highest BCUT2D eigenvalue weighted by atomic mass is 35.5. The number of carbonyl (C=O) groups is 1. The summed E-state index contributed by atoms with van der Waals surface area (Å²) in [6.07, 6.45) is 3.66. The number of carbonyl (C=O) groups excluding carboxylic acids is 1. The van der Waals surface area contributed by atoms with Crippen molar-refractivity contribution in [3.05, 3.63) is 48.0 Å². The molecule has 1 amide bonds. The van der Waals surface area contributed by atoms with Crippen LogP contribution in [0.25, 0.3) is 0 Å². The number of para-hydroxylation sites is 1. The van der Waals surface area contributed by atoms with Gasteiger partial charge in [-0.2, -0.15) is 0 Å². The number of nitrogens with zero attached hydrogens (tertiary/aromatic N) is 3. The molecule has 2 heterocycles. The number of rotatable bonds is 3. The number of aryl methyl sites for hydroxylation is 1. The first-order chi connectivity index (χ1) is 10.7. The summed E-state index contributed by atoms with van der Waals surface area (Å²) in [6.45, 7) is 2.13. The van der Waals surface area contributed by atoms with Gasteiger partial charge >= 0.3 is 0 Å². The summed E-state index contributed by atoms with van der Waals surface area (Å²) in [7, 11) is 3.53. The molecule has 1 aliphatic rings. The van der Waals surface area contributed by atoms with Crippen LogP contribution in [0.2, 0.25) is 0 Å². The number of hydrogen-bond acceptors (Lipinski definition) is 4. The Hall–Kier alpha value is -2.05. The molecule has 1 saturated heterocycles. The topological polar surface area (TPSA) is 59.4 Å². The van der Waals surface area contributed by atoms with Crippen LogP contribution >= 0.6 is 12.4 Å². The Morgan fingerprint density at radius 1 is 1.39 bits per heavy atom. The number of aromatic nitrogens is 2. The van der Waals surface area contributed by atoms with Crippen molar-refractivity contribution in [3.63, 3.8) is 0 Å². The SMILES string of the molecule is COc1ccccc1C(=O)N1CCNCC1c1nccn1C.Cl. The van der Waals surface area contributed by atoms with Crippen molar-refractivity contribution >= 4 is 18.3 Å². The molecule has 6 nitrogen and oxygen atoms in total. The molecule has 3 rings (SSSR count). The first-order valence-electron chi connectivity index (χ1n) is 7.34.